The zero-order chi connectivity index (χ0) is 23.2. The van der Waals surface area contributed by atoms with E-state index in [0.717, 1.165) is 22.5 Å². The molecule has 32 heavy (non-hydrogen) atoms. The van der Waals surface area contributed by atoms with Gasteiger partial charge in [0.05, 0.1) is 22.8 Å². The van der Waals surface area contributed by atoms with Crippen LogP contribution in [0.3, 0.4) is 0 Å². The van der Waals surface area contributed by atoms with Crippen LogP contribution in [0, 0.1) is 20.8 Å². The minimum atomic E-state index is -0.179. The molecule has 1 unspecified atom stereocenters. The maximum Gasteiger partial charge on any atom is 0.250 e. The average Bonchev–Trinajstić information content (AvgIpc) is 2.74. The summed E-state index contributed by atoms with van der Waals surface area (Å²) in [6.07, 6.45) is 1.66. The van der Waals surface area contributed by atoms with Crippen molar-refractivity contribution in [2.24, 2.45) is 7.05 Å². The van der Waals surface area contributed by atoms with E-state index in [9.17, 15) is 9.59 Å². The Hall–Kier alpha value is -3.38. The normalized spacial score (nSPS) is 12.2. The van der Waals surface area contributed by atoms with Gasteiger partial charge in [0.25, 0.3) is 5.56 Å². The Balaban J connectivity index is 1.90. The number of benzene rings is 1. The molecule has 0 radical (unpaired) electrons. The summed E-state index contributed by atoms with van der Waals surface area (Å²) in [5.74, 6) is 0.404. The summed E-state index contributed by atoms with van der Waals surface area (Å²) < 4.78 is 7.80. The van der Waals surface area contributed by atoms with Gasteiger partial charge in [0.1, 0.15) is 16.5 Å². The monoisotopic (exact) mass is 449 g/mol. The lowest BCUT2D eigenvalue weighted by Gasteiger charge is -2.19. The number of aryl methyl sites for hydroxylation is 3. The fourth-order valence-electron chi connectivity index (χ4n) is 3.85. The molecule has 0 aliphatic heterocycles. The van der Waals surface area contributed by atoms with Crippen molar-refractivity contribution in [2.75, 3.05) is 5.32 Å². The molecule has 4 aromatic rings. The van der Waals surface area contributed by atoms with E-state index in [0.29, 0.717) is 33.0 Å². The third-order valence-electron chi connectivity index (χ3n) is 5.65. The number of anilines is 1. The van der Waals surface area contributed by atoms with E-state index in [2.05, 4.69) is 10.3 Å². The van der Waals surface area contributed by atoms with E-state index >= 15 is 0 Å². The van der Waals surface area contributed by atoms with Crippen LogP contribution in [0.15, 0.2) is 56.6 Å². The average molecular weight is 450 g/mol. The van der Waals surface area contributed by atoms with Crippen molar-refractivity contribution < 1.29 is 4.42 Å². The molecule has 0 spiro atoms. The lowest BCUT2D eigenvalue weighted by molar-refractivity contribution is 0.605. The third kappa shape index (κ3) is 3.94. The largest absolute Gasteiger partial charge is 0.455 e. The maximum absolute atomic E-state index is 13.3. The molecule has 3 heterocycles. The predicted molar refractivity (Wildman–Crippen MR) is 129 cm³/mol. The lowest BCUT2D eigenvalue weighted by atomic mass is 9.99. The van der Waals surface area contributed by atoms with Crippen LogP contribution in [-0.4, -0.2) is 9.55 Å². The van der Waals surface area contributed by atoms with E-state index in [1.54, 1.807) is 32.3 Å². The maximum atomic E-state index is 13.3. The number of rotatable bonds is 4. The minimum Gasteiger partial charge on any atom is -0.455 e. The second kappa shape index (κ2) is 8.28. The molecule has 1 atom stereocenters. The number of fused-ring (bicyclic) bond motifs is 1. The van der Waals surface area contributed by atoms with Crippen molar-refractivity contribution in [1.29, 1.82) is 0 Å². The summed E-state index contributed by atoms with van der Waals surface area (Å²) in [6.45, 7) is 7.56. The molecule has 1 aromatic carbocycles. The fourth-order valence-corrected chi connectivity index (χ4v) is 4.04. The van der Waals surface area contributed by atoms with E-state index in [4.69, 9.17) is 16.0 Å². The first kappa shape index (κ1) is 21.8. The standard InChI is InChI=1S/C25H24ClN3O3/c1-13-10-18(15(3)27-20-6-7-21(26)28-16(20)4)25-19(11-13)23(31)14(2)24(32-25)17-8-9-29(5)22(30)12-17/h6-12,15,27H,1-5H3. The molecule has 164 valence electrons. The van der Waals surface area contributed by atoms with Crippen LogP contribution >= 0.6 is 11.6 Å². The van der Waals surface area contributed by atoms with Crippen molar-refractivity contribution in [3.63, 3.8) is 0 Å². The van der Waals surface area contributed by atoms with Gasteiger partial charge in [0, 0.05) is 36.0 Å². The summed E-state index contributed by atoms with van der Waals surface area (Å²) in [7, 11) is 1.68. The van der Waals surface area contributed by atoms with Gasteiger partial charge in [-0.3, -0.25) is 9.59 Å². The Morgan fingerprint density at radius 2 is 1.84 bits per heavy atom. The van der Waals surface area contributed by atoms with Gasteiger partial charge in [-0.15, -0.1) is 0 Å². The van der Waals surface area contributed by atoms with Gasteiger partial charge in [0.2, 0.25) is 0 Å². The molecule has 4 rings (SSSR count). The van der Waals surface area contributed by atoms with Gasteiger partial charge in [-0.1, -0.05) is 17.7 Å². The summed E-state index contributed by atoms with van der Waals surface area (Å²) in [6, 6.07) is 10.5. The number of halogens is 1. The highest BCUT2D eigenvalue weighted by Crippen LogP contribution is 2.32. The van der Waals surface area contributed by atoms with Crippen LogP contribution < -0.4 is 16.3 Å². The Morgan fingerprint density at radius 3 is 2.53 bits per heavy atom. The summed E-state index contributed by atoms with van der Waals surface area (Å²) >= 11 is 5.99. The van der Waals surface area contributed by atoms with Gasteiger partial charge in [-0.05, 0) is 57.5 Å². The van der Waals surface area contributed by atoms with Gasteiger partial charge >= 0.3 is 0 Å². The van der Waals surface area contributed by atoms with E-state index in [1.807, 2.05) is 39.0 Å². The highest BCUT2D eigenvalue weighted by molar-refractivity contribution is 6.29. The van der Waals surface area contributed by atoms with E-state index < -0.39 is 0 Å². The Morgan fingerprint density at radius 1 is 1.09 bits per heavy atom. The van der Waals surface area contributed by atoms with Crippen molar-refractivity contribution in [2.45, 2.75) is 33.7 Å². The molecule has 0 fully saturated rings. The Bertz CT molecular complexity index is 1470. The fraction of sp³-hybridized carbons (Fsp3) is 0.240. The molecule has 6 nitrogen and oxygen atoms in total. The van der Waals surface area contributed by atoms with Crippen LogP contribution in [-0.2, 0) is 7.05 Å². The van der Waals surface area contributed by atoms with Gasteiger partial charge in [-0.25, -0.2) is 4.98 Å². The van der Waals surface area contributed by atoms with Crippen LogP contribution in [0.1, 0.15) is 35.3 Å². The van der Waals surface area contributed by atoms with Crippen molar-refractivity contribution >= 4 is 28.3 Å². The molecule has 0 amide bonds. The van der Waals surface area contributed by atoms with E-state index in [-0.39, 0.29) is 17.0 Å². The number of nitrogens with one attached hydrogen (secondary N) is 1. The second-order valence-electron chi connectivity index (χ2n) is 8.11. The highest BCUT2D eigenvalue weighted by Gasteiger charge is 2.19. The number of aromatic nitrogens is 2. The summed E-state index contributed by atoms with van der Waals surface area (Å²) in [5, 5.41) is 4.40. The highest BCUT2D eigenvalue weighted by atomic mass is 35.5. The summed E-state index contributed by atoms with van der Waals surface area (Å²) in [5.41, 5.74) is 4.70. The zero-order valence-electron chi connectivity index (χ0n) is 18.6. The first-order chi connectivity index (χ1) is 15.2. The molecule has 0 aliphatic rings. The Kier molecular flexibility index (Phi) is 5.65. The van der Waals surface area contributed by atoms with Crippen LogP contribution in [0.25, 0.3) is 22.3 Å². The number of hydrogen-bond acceptors (Lipinski definition) is 5. The topological polar surface area (TPSA) is 77.1 Å². The van der Waals surface area contributed by atoms with Gasteiger partial charge < -0.3 is 14.3 Å². The molecular weight excluding hydrogens is 426 g/mol. The van der Waals surface area contributed by atoms with Crippen LogP contribution in [0.4, 0.5) is 5.69 Å². The van der Waals surface area contributed by atoms with Crippen molar-refractivity contribution in [1.82, 2.24) is 9.55 Å². The van der Waals surface area contributed by atoms with Crippen LogP contribution in [0.2, 0.25) is 5.15 Å². The zero-order valence-corrected chi connectivity index (χ0v) is 19.4. The molecule has 1 N–H and O–H groups in total. The lowest BCUT2D eigenvalue weighted by Crippen LogP contribution is -2.16. The molecule has 0 saturated heterocycles. The number of nitrogens with zero attached hydrogens (tertiary/aromatic N) is 2. The third-order valence-corrected chi connectivity index (χ3v) is 5.86. The smallest absolute Gasteiger partial charge is 0.250 e. The second-order valence-corrected chi connectivity index (χ2v) is 8.50. The molecule has 0 bridgehead atoms. The molecule has 7 heteroatoms. The van der Waals surface area contributed by atoms with Gasteiger partial charge in [0.15, 0.2) is 5.43 Å². The quantitative estimate of drug-likeness (QED) is 0.427. The summed E-state index contributed by atoms with van der Waals surface area (Å²) in [4.78, 5) is 29.7. The SMILES string of the molecule is Cc1cc(C(C)Nc2ccc(Cl)nc2C)c2oc(-c3ccn(C)c(=O)c3)c(C)c(=O)c2c1. The Labute approximate surface area is 190 Å². The molecule has 0 saturated carbocycles. The van der Waals surface area contributed by atoms with Crippen molar-refractivity contribution in [3.8, 4) is 11.3 Å². The van der Waals surface area contributed by atoms with Crippen molar-refractivity contribution in [3.05, 3.63) is 90.7 Å². The van der Waals surface area contributed by atoms with E-state index in [1.165, 1.54) is 10.6 Å². The number of pyridine rings is 2. The predicted octanol–water partition coefficient (Wildman–Crippen LogP) is 5.31. The first-order valence-electron chi connectivity index (χ1n) is 10.3. The van der Waals surface area contributed by atoms with Crippen LogP contribution in [0.5, 0.6) is 0 Å². The first-order valence-corrected chi connectivity index (χ1v) is 10.7. The molecule has 3 aromatic heterocycles. The molecule has 0 aliphatic carbocycles. The van der Waals surface area contributed by atoms with Gasteiger partial charge in [-0.2, -0.15) is 0 Å². The molecular formula is C25H24ClN3O3. The minimum absolute atomic E-state index is 0.108. The number of hydrogen-bond donors (Lipinski definition) is 1.